The van der Waals surface area contributed by atoms with E-state index < -0.39 is 4.92 Å². The molecule has 0 saturated carbocycles. The molecule has 0 aliphatic heterocycles. The third kappa shape index (κ3) is 3.94. The van der Waals surface area contributed by atoms with Crippen LogP contribution in [0.25, 0.3) is 0 Å². The molecule has 0 aliphatic rings. The molecule has 0 fully saturated rings. The smallest absolute Gasteiger partial charge is 0.269 e. The third-order valence-electron chi connectivity index (χ3n) is 3.00. The second-order valence-electron chi connectivity index (χ2n) is 4.36. The van der Waals surface area contributed by atoms with Crippen molar-refractivity contribution in [2.75, 3.05) is 6.61 Å². The summed E-state index contributed by atoms with van der Waals surface area (Å²) in [5.74, 6) is 0.113. The molecule has 0 radical (unpaired) electrons. The van der Waals surface area contributed by atoms with E-state index in [4.69, 9.17) is 16.7 Å². The Morgan fingerprint density at radius 2 is 2.17 bits per heavy atom. The SMILES string of the molecule is CC(CO)C(C)NCc1cc([N+](=O)[O-])ccc1Cl. The van der Waals surface area contributed by atoms with Gasteiger partial charge in [0.15, 0.2) is 0 Å². The lowest BCUT2D eigenvalue weighted by Gasteiger charge is -2.19. The van der Waals surface area contributed by atoms with Crippen LogP contribution in [0.5, 0.6) is 0 Å². The van der Waals surface area contributed by atoms with Gasteiger partial charge in [0, 0.05) is 36.3 Å². The first-order chi connectivity index (χ1) is 8.45. The number of aliphatic hydroxyl groups excluding tert-OH is 1. The van der Waals surface area contributed by atoms with E-state index in [0.717, 1.165) is 0 Å². The molecule has 0 aliphatic carbocycles. The summed E-state index contributed by atoms with van der Waals surface area (Å²) in [5.41, 5.74) is 0.710. The fourth-order valence-electron chi connectivity index (χ4n) is 1.44. The van der Waals surface area contributed by atoms with Crippen molar-refractivity contribution in [3.63, 3.8) is 0 Å². The lowest BCUT2D eigenvalue weighted by molar-refractivity contribution is -0.384. The van der Waals surface area contributed by atoms with Gasteiger partial charge in [-0.15, -0.1) is 0 Å². The molecule has 0 aromatic heterocycles. The van der Waals surface area contributed by atoms with Crippen LogP contribution in [-0.4, -0.2) is 22.7 Å². The number of nitrogens with zero attached hydrogens (tertiary/aromatic N) is 1. The van der Waals surface area contributed by atoms with Gasteiger partial charge in [0.1, 0.15) is 0 Å². The van der Waals surface area contributed by atoms with Crippen LogP contribution >= 0.6 is 11.6 Å². The highest BCUT2D eigenvalue weighted by atomic mass is 35.5. The molecule has 100 valence electrons. The summed E-state index contributed by atoms with van der Waals surface area (Å²) in [6.07, 6.45) is 0. The van der Waals surface area contributed by atoms with Crippen molar-refractivity contribution in [2.24, 2.45) is 5.92 Å². The van der Waals surface area contributed by atoms with Gasteiger partial charge in [0.25, 0.3) is 5.69 Å². The van der Waals surface area contributed by atoms with Crippen molar-refractivity contribution >= 4 is 17.3 Å². The average Bonchev–Trinajstić information content (AvgIpc) is 2.36. The largest absolute Gasteiger partial charge is 0.396 e. The number of aliphatic hydroxyl groups is 1. The minimum atomic E-state index is -0.445. The highest BCUT2D eigenvalue weighted by Gasteiger charge is 2.13. The van der Waals surface area contributed by atoms with E-state index in [9.17, 15) is 10.1 Å². The lowest BCUT2D eigenvalue weighted by atomic mass is 10.0. The fourth-order valence-corrected chi connectivity index (χ4v) is 1.62. The van der Waals surface area contributed by atoms with Gasteiger partial charge < -0.3 is 10.4 Å². The highest BCUT2D eigenvalue weighted by molar-refractivity contribution is 6.31. The van der Waals surface area contributed by atoms with Gasteiger partial charge in [0.05, 0.1) is 4.92 Å². The van der Waals surface area contributed by atoms with Crippen LogP contribution in [0.2, 0.25) is 5.02 Å². The van der Waals surface area contributed by atoms with E-state index in [1.54, 1.807) is 0 Å². The number of halogens is 1. The molecule has 1 rings (SSSR count). The summed E-state index contributed by atoms with van der Waals surface area (Å²) in [6, 6.07) is 4.47. The number of hydrogen-bond donors (Lipinski definition) is 2. The number of nitro benzene ring substituents is 1. The molecule has 0 saturated heterocycles. The van der Waals surface area contributed by atoms with Crippen LogP contribution in [0, 0.1) is 16.0 Å². The number of benzene rings is 1. The van der Waals surface area contributed by atoms with Gasteiger partial charge in [-0.1, -0.05) is 18.5 Å². The number of nitro groups is 1. The van der Waals surface area contributed by atoms with Crippen LogP contribution in [0.1, 0.15) is 19.4 Å². The van der Waals surface area contributed by atoms with Crippen LogP contribution in [0.3, 0.4) is 0 Å². The molecule has 0 spiro atoms. The number of non-ortho nitro benzene ring substituents is 1. The molecule has 2 atom stereocenters. The average molecular weight is 273 g/mol. The Kier molecular flexibility index (Phi) is 5.53. The molecule has 1 aromatic rings. The molecule has 6 heteroatoms. The highest BCUT2D eigenvalue weighted by Crippen LogP contribution is 2.22. The molecule has 2 unspecified atom stereocenters. The van der Waals surface area contributed by atoms with Gasteiger partial charge >= 0.3 is 0 Å². The van der Waals surface area contributed by atoms with Crippen LogP contribution in [0.15, 0.2) is 18.2 Å². The third-order valence-corrected chi connectivity index (χ3v) is 3.36. The second-order valence-corrected chi connectivity index (χ2v) is 4.77. The van der Waals surface area contributed by atoms with Gasteiger partial charge in [-0.2, -0.15) is 0 Å². The quantitative estimate of drug-likeness (QED) is 0.616. The Balaban J connectivity index is 2.72. The van der Waals surface area contributed by atoms with Crippen molar-refractivity contribution < 1.29 is 10.0 Å². The van der Waals surface area contributed by atoms with E-state index in [1.165, 1.54) is 18.2 Å². The zero-order valence-electron chi connectivity index (χ0n) is 10.4. The van der Waals surface area contributed by atoms with Crippen molar-refractivity contribution in [1.29, 1.82) is 0 Å². The molecule has 0 amide bonds. The van der Waals surface area contributed by atoms with Gasteiger partial charge in [-0.25, -0.2) is 0 Å². The predicted octanol–water partition coefficient (Wildman–Crippen LogP) is 2.35. The van der Waals surface area contributed by atoms with Crippen molar-refractivity contribution in [3.05, 3.63) is 38.9 Å². The Hall–Kier alpha value is -1.17. The van der Waals surface area contributed by atoms with Gasteiger partial charge in [-0.05, 0) is 24.5 Å². The number of hydrogen-bond acceptors (Lipinski definition) is 4. The van der Waals surface area contributed by atoms with Crippen molar-refractivity contribution in [1.82, 2.24) is 5.32 Å². The topological polar surface area (TPSA) is 75.4 Å². The first-order valence-electron chi connectivity index (χ1n) is 5.72. The van der Waals surface area contributed by atoms with E-state index in [0.29, 0.717) is 17.1 Å². The molecule has 5 nitrogen and oxygen atoms in total. The second kappa shape index (κ2) is 6.68. The van der Waals surface area contributed by atoms with Crippen LogP contribution in [0.4, 0.5) is 5.69 Å². The summed E-state index contributed by atoms with van der Waals surface area (Å²) < 4.78 is 0. The van der Waals surface area contributed by atoms with Crippen molar-refractivity contribution in [3.8, 4) is 0 Å². The molecule has 0 heterocycles. The lowest BCUT2D eigenvalue weighted by Crippen LogP contribution is -2.33. The zero-order chi connectivity index (χ0) is 13.7. The summed E-state index contributed by atoms with van der Waals surface area (Å²) in [7, 11) is 0. The Morgan fingerprint density at radius 3 is 2.72 bits per heavy atom. The van der Waals surface area contributed by atoms with E-state index in [1.807, 2.05) is 13.8 Å². The molecule has 2 N–H and O–H groups in total. The minimum Gasteiger partial charge on any atom is -0.396 e. The fraction of sp³-hybridized carbons (Fsp3) is 0.500. The Morgan fingerprint density at radius 1 is 1.50 bits per heavy atom. The van der Waals surface area contributed by atoms with Gasteiger partial charge in [0.2, 0.25) is 0 Å². The summed E-state index contributed by atoms with van der Waals surface area (Å²) in [5, 5.41) is 23.4. The predicted molar refractivity (Wildman–Crippen MR) is 70.7 cm³/mol. The number of rotatable bonds is 6. The van der Waals surface area contributed by atoms with Crippen molar-refractivity contribution in [2.45, 2.75) is 26.4 Å². The molecule has 1 aromatic carbocycles. The molecular weight excluding hydrogens is 256 g/mol. The minimum absolute atomic E-state index is 0.0269. The summed E-state index contributed by atoms with van der Waals surface area (Å²) in [4.78, 5) is 10.2. The van der Waals surface area contributed by atoms with Crippen LogP contribution in [-0.2, 0) is 6.54 Å². The standard InChI is InChI=1S/C12H17ClN2O3/c1-8(7-16)9(2)14-6-10-5-11(15(17)18)3-4-12(10)13/h3-5,8-9,14,16H,6-7H2,1-2H3. The summed E-state index contributed by atoms with van der Waals surface area (Å²) in [6.45, 7) is 4.40. The monoisotopic (exact) mass is 272 g/mol. The van der Waals surface area contributed by atoms with Crippen LogP contribution < -0.4 is 5.32 Å². The summed E-state index contributed by atoms with van der Waals surface area (Å²) >= 11 is 5.99. The molecule has 18 heavy (non-hydrogen) atoms. The Bertz CT molecular complexity index is 426. The Labute approximate surface area is 111 Å². The molecule has 0 bridgehead atoms. The number of nitrogens with one attached hydrogen (secondary N) is 1. The maximum atomic E-state index is 10.7. The normalized spacial score (nSPS) is 14.2. The van der Waals surface area contributed by atoms with Gasteiger partial charge in [-0.3, -0.25) is 10.1 Å². The maximum Gasteiger partial charge on any atom is 0.269 e. The maximum absolute atomic E-state index is 10.7. The molecular formula is C12H17ClN2O3. The van der Waals surface area contributed by atoms with E-state index in [-0.39, 0.29) is 24.3 Å². The first-order valence-corrected chi connectivity index (χ1v) is 6.10. The zero-order valence-corrected chi connectivity index (χ0v) is 11.1. The van der Waals surface area contributed by atoms with E-state index in [2.05, 4.69) is 5.32 Å². The first kappa shape index (κ1) is 14.9. The van der Waals surface area contributed by atoms with E-state index >= 15 is 0 Å².